The van der Waals surface area contributed by atoms with Crippen molar-refractivity contribution in [3.8, 4) is 0 Å². The summed E-state index contributed by atoms with van der Waals surface area (Å²) in [4.78, 5) is 11.5. The van der Waals surface area contributed by atoms with Crippen LogP contribution in [0.1, 0.15) is 26.2 Å². The van der Waals surface area contributed by atoms with Gasteiger partial charge in [-0.2, -0.15) is 5.10 Å². The normalized spacial score (nSPS) is 15.2. The van der Waals surface area contributed by atoms with Crippen molar-refractivity contribution in [2.45, 2.75) is 38.8 Å². The van der Waals surface area contributed by atoms with E-state index in [1.54, 1.807) is 6.92 Å². The van der Waals surface area contributed by atoms with Gasteiger partial charge in [0.25, 0.3) is 0 Å². The number of carbonyl (C=O) groups is 1. The lowest BCUT2D eigenvalue weighted by atomic mass is 10.5. The summed E-state index contributed by atoms with van der Waals surface area (Å²) >= 11 is 0. The van der Waals surface area contributed by atoms with Crippen LogP contribution in [0.15, 0.2) is 12.4 Å². The number of aromatic nitrogens is 2. The van der Waals surface area contributed by atoms with Crippen LogP contribution in [0.3, 0.4) is 0 Å². The predicted octanol–water partition coefficient (Wildman–Crippen LogP) is 0.313. The molecule has 1 saturated carbocycles. The molecule has 2 N–H and O–H groups in total. The zero-order valence-electron chi connectivity index (χ0n) is 10.8. The van der Waals surface area contributed by atoms with Crippen LogP contribution in [-0.2, 0) is 21.4 Å². The van der Waals surface area contributed by atoms with E-state index < -0.39 is 10.0 Å². The van der Waals surface area contributed by atoms with E-state index in [0.29, 0.717) is 18.2 Å². The second kappa shape index (κ2) is 5.60. The molecular weight excluding hydrogens is 268 g/mol. The van der Waals surface area contributed by atoms with Crippen molar-refractivity contribution in [1.29, 1.82) is 0 Å². The van der Waals surface area contributed by atoms with E-state index >= 15 is 0 Å². The first-order valence-corrected chi connectivity index (χ1v) is 7.96. The minimum absolute atomic E-state index is 0.0698. The SMILES string of the molecule is CCCS(=O)(=O)Nc1cnn(CC(=O)NC2CC2)c1. The summed E-state index contributed by atoms with van der Waals surface area (Å²) in [7, 11) is -3.31. The second-order valence-corrected chi connectivity index (χ2v) is 6.53. The quantitative estimate of drug-likeness (QED) is 0.754. The van der Waals surface area contributed by atoms with Crippen molar-refractivity contribution in [3.63, 3.8) is 0 Å². The maximum Gasteiger partial charge on any atom is 0.241 e. The van der Waals surface area contributed by atoms with Gasteiger partial charge < -0.3 is 5.32 Å². The van der Waals surface area contributed by atoms with Crippen LogP contribution in [0.4, 0.5) is 5.69 Å². The largest absolute Gasteiger partial charge is 0.352 e. The van der Waals surface area contributed by atoms with Gasteiger partial charge in [-0.3, -0.25) is 14.2 Å². The predicted molar refractivity (Wildman–Crippen MR) is 71.1 cm³/mol. The van der Waals surface area contributed by atoms with Gasteiger partial charge in [0.05, 0.1) is 17.6 Å². The first-order chi connectivity index (χ1) is 8.98. The number of hydrogen-bond acceptors (Lipinski definition) is 4. The van der Waals surface area contributed by atoms with Gasteiger partial charge in [0.2, 0.25) is 15.9 Å². The van der Waals surface area contributed by atoms with Crippen LogP contribution in [0.25, 0.3) is 0 Å². The average Bonchev–Trinajstić information content (AvgIpc) is 2.99. The Labute approximate surface area is 112 Å². The average molecular weight is 286 g/mol. The molecule has 0 aliphatic heterocycles. The maximum atomic E-state index is 11.6. The van der Waals surface area contributed by atoms with Crippen LogP contribution >= 0.6 is 0 Å². The Balaban J connectivity index is 1.89. The number of anilines is 1. The third kappa shape index (κ3) is 4.55. The molecule has 106 valence electrons. The molecule has 0 bridgehead atoms. The molecule has 1 heterocycles. The number of sulfonamides is 1. The van der Waals surface area contributed by atoms with Gasteiger partial charge in [-0.1, -0.05) is 6.92 Å². The highest BCUT2D eigenvalue weighted by atomic mass is 32.2. The zero-order chi connectivity index (χ0) is 13.9. The number of hydrogen-bond donors (Lipinski definition) is 2. The highest BCUT2D eigenvalue weighted by Crippen LogP contribution is 2.18. The van der Waals surface area contributed by atoms with Crippen molar-refractivity contribution < 1.29 is 13.2 Å². The van der Waals surface area contributed by atoms with Gasteiger partial charge in [-0.15, -0.1) is 0 Å². The Morgan fingerprint density at radius 2 is 2.26 bits per heavy atom. The Kier molecular flexibility index (Phi) is 4.08. The minimum atomic E-state index is -3.31. The molecule has 2 rings (SSSR count). The molecule has 0 atom stereocenters. The Morgan fingerprint density at radius 1 is 1.53 bits per heavy atom. The monoisotopic (exact) mass is 286 g/mol. The van der Waals surface area contributed by atoms with Crippen LogP contribution in [0.2, 0.25) is 0 Å². The van der Waals surface area contributed by atoms with Crippen LogP contribution < -0.4 is 10.0 Å². The van der Waals surface area contributed by atoms with Gasteiger partial charge in [-0.05, 0) is 19.3 Å². The van der Waals surface area contributed by atoms with Crippen LogP contribution in [-0.4, -0.2) is 35.9 Å². The van der Waals surface area contributed by atoms with Crippen molar-refractivity contribution in [3.05, 3.63) is 12.4 Å². The summed E-state index contributed by atoms with van der Waals surface area (Å²) in [6.45, 7) is 1.90. The fourth-order valence-electron chi connectivity index (χ4n) is 1.65. The Bertz CT molecular complexity index is 548. The Morgan fingerprint density at radius 3 is 2.89 bits per heavy atom. The van der Waals surface area contributed by atoms with Crippen molar-refractivity contribution in [2.24, 2.45) is 0 Å². The fraction of sp³-hybridized carbons (Fsp3) is 0.636. The lowest BCUT2D eigenvalue weighted by Crippen LogP contribution is -2.29. The molecule has 1 aromatic heterocycles. The number of rotatable bonds is 7. The molecule has 0 unspecified atom stereocenters. The minimum Gasteiger partial charge on any atom is -0.352 e. The number of nitrogens with zero attached hydrogens (tertiary/aromatic N) is 2. The first kappa shape index (κ1) is 13.9. The van der Waals surface area contributed by atoms with E-state index in [9.17, 15) is 13.2 Å². The zero-order valence-corrected chi connectivity index (χ0v) is 11.6. The molecule has 1 aromatic rings. The summed E-state index contributed by atoms with van der Waals surface area (Å²) < 4.78 is 27.0. The summed E-state index contributed by atoms with van der Waals surface area (Å²) in [5.41, 5.74) is 0.382. The molecule has 8 heteroatoms. The molecule has 19 heavy (non-hydrogen) atoms. The van der Waals surface area contributed by atoms with Gasteiger partial charge in [0.15, 0.2) is 0 Å². The smallest absolute Gasteiger partial charge is 0.241 e. The molecule has 0 saturated heterocycles. The van der Waals surface area contributed by atoms with E-state index in [0.717, 1.165) is 12.8 Å². The molecule has 0 radical (unpaired) electrons. The Hall–Kier alpha value is -1.57. The molecule has 7 nitrogen and oxygen atoms in total. The molecular formula is C11H18N4O3S. The van der Waals surface area contributed by atoms with Crippen LogP contribution in [0, 0.1) is 0 Å². The molecule has 0 aromatic carbocycles. The van der Waals surface area contributed by atoms with E-state index in [2.05, 4.69) is 15.1 Å². The van der Waals surface area contributed by atoms with Crippen molar-refractivity contribution in [2.75, 3.05) is 10.5 Å². The highest BCUT2D eigenvalue weighted by Gasteiger charge is 2.23. The third-order valence-electron chi connectivity index (χ3n) is 2.63. The molecule has 1 amide bonds. The highest BCUT2D eigenvalue weighted by molar-refractivity contribution is 7.92. The maximum absolute atomic E-state index is 11.6. The van der Waals surface area contributed by atoms with Gasteiger partial charge in [-0.25, -0.2) is 8.42 Å². The van der Waals surface area contributed by atoms with Crippen LogP contribution in [0.5, 0.6) is 0 Å². The summed E-state index contributed by atoms with van der Waals surface area (Å²) in [5.74, 6) is -0.0334. The second-order valence-electron chi connectivity index (χ2n) is 4.69. The van der Waals surface area contributed by atoms with Crippen molar-refractivity contribution in [1.82, 2.24) is 15.1 Å². The number of carbonyl (C=O) groups excluding carboxylic acids is 1. The standard InChI is InChI=1S/C11H18N4O3S/c1-2-5-19(17,18)14-10-6-12-15(7-10)8-11(16)13-9-3-4-9/h6-7,9,14H,2-5,8H2,1H3,(H,13,16). The molecule has 1 aliphatic rings. The van der Waals surface area contributed by atoms with E-state index in [4.69, 9.17) is 0 Å². The topological polar surface area (TPSA) is 93.1 Å². The van der Waals surface area contributed by atoms with E-state index in [-0.39, 0.29) is 18.2 Å². The summed E-state index contributed by atoms with van der Waals surface area (Å²) in [6, 6.07) is 0.311. The third-order valence-corrected chi connectivity index (χ3v) is 4.12. The van der Waals surface area contributed by atoms with Crippen molar-refractivity contribution >= 4 is 21.6 Å². The number of amides is 1. The lowest BCUT2D eigenvalue weighted by molar-refractivity contribution is -0.122. The fourth-order valence-corrected chi connectivity index (χ4v) is 2.75. The van der Waals surface area contributed by atoms with E-state index in [1.807, 2.05) is 0 Å². The molecule has 1 fully saturated rings. The lowest BCUT2D eigenvalue weighted by Gasteiger charge is -2.04. The first-order valence-electron chi connectivity index (χ1n) is 6.31. The van der Waals surface area contributed by atoms with Gasteiger partial charge in [0.1, 0.15) is 6.54 Å². The molecule has 0 spiro atoms. The van der Waals surface area contributed by atoms with Gasteiger partial charge in [0, 0.05) is 12.2 Å². The van der Waals surface area contributed by atoms with Gasteiger partial charge >= 0.3 is 0 Å². The molecule has 1 aliphatic carbocycles. The van der Waals surface area contributed by atoms with E-state index in [1.165, 1.54) is 17.1 Å². The summed E-state index contributed by atoms with van der Waals surface area (Å²) in [6.07, 6.45) is 5.53. The summed E-state index contributed by atoms with van der Waals surface area (Å²) in [5, 5.41) is 6.80. The number of nitrogens with one attached hydrogen (secondary N) is 2.